The van der Waals surface area contributed by atoms with Crippen molar-refractivity contribution >= 4 is 5.69 Å². The van der Waals surface area contributed by atoms with Gasteiger partial charge in [0.1, 0.15) is 0 Å². The molecule has 1 aromatic rings. The molecule has 2 rings (SSSR count). The highest BCUT2D eigenvalue weighted by Gasteiger charge is 2.13. The zero-order valence-electron chi connectivity index (χ0n) is 10.2. The molecule has 1 aromatic carbocycles. The highest BCUT2D eigenvalue weighted by Crippen LogP contribution is 2.26. The Balaban J connectivity index is 2.09. The Morgan fingerprint density at radius 3 is 3.06 bits per heavy atom. The smallest absolute Gasteiger partial charge is 0.0515 e. The first-order valence-electron chi connectivity index (χ1n) is 6.21. The number of nitrogens with one attached hydrogen (secondary N) is 1. The summed E-state index contributed by atoms with van der Waals surface area (Å²) in [7, 11) is 0. The van der Waals surface area contributed by atoms with Crippen LogP contribution in [-0.2, 0) is 12.8 Å². The van der Waals surface area contributed by atoms with E-state index in [0.717, 1.165) is 12.8 Å². The fraction of sp³-hybridized carbons (Fsp3) is 0.571. The Morgan fingerprint density at radius 2 is 2.31 bits per heavy atom. The largest absolute Gasteiger partial charge is 0.393 e. The van der Waals surface area contributed by atoms with Crippen LogP contribution in [-0.4, -0.2) is 17.3 Å². The van der Waals surface area contributed by atoms with Gasteiger partial charge in [-0.3, -0.25) is 0 Å². The van der Waals surface area contributed by atoms with Gasteiger partial charge in [-0.2, -0.15) is 0 Å². The van der Waals surface area contributed by atoms with Crippen molar-refractivity contribution in [3.8, 4) is 0 Å². The second-order valence-electron chi connectivity index (χ2n) is 4.96. The fourth-order valence-corrected chi connectivity index (χ4v) is 2.22. The summed E-state index contributed by atoms with van der Waals surface area (Å²) in [4.78, 5) is 0. The Bertz CT molecular complexity index is 360. The predicted molar refractivity (Wildman–Crippen MR) is 67.8 cm³/mol. The van der Waals surface area contributed by atoms with E-state index in [1.807, 2.05) is 6.92 Å². The number of aliphatic hydroxyl groups is 1. The van der Waals surface area contributed by atoms with Crippen LogP contribution in [0.4, 0.5) is 5.69 Å². The van der Waals surface area contributed by atoms with Crippen LogP contribution < -0.4 is 5.32 Å². The molecule has 16 heavy (non-hydrogen) atoms. The van der Waals surface area contributed by atoms with Crippen molar-refractivity contribution in [3.63, 3.8) is 0 Å². The van der Waals surface area contributed by atoms with Crippen LogP contribution in [0.2, 0.25) is 0 Å². The van der Waals surface area contributed by atoms with Crippen molar-refractivity contribution in [2.75, 3.05) is 5.32 Å². The van der Waals surface area contributed by atoms with Gasteiger partial charge in [0.25, 0.3) is 0 Å². The number of aliphatic hydroxyl groups excluding tert-OH is 1. The third kappa shape index (κ3) is 2.76. The van der Waals surface area contributed by atoms with Crippen molar-refractivity contribution in [2.24, 2.45) is 0 Å². The molecule has 0 radical (unpaired) electrons. The standard InChI is InChI=1S/C14H21NO/c1-10-3-7-13-8-6-12(5-4-11(2)16)9-14(13)15-10/h6,8-11,15-16H,3-5,7H2,1-2H3/t10-,11-/m0/s1. The zero-order valence-corrected chi connectivity index (χ0v) is 10.2. The summed E-state index contributed by atoms with van der Waals surface area (Å²) in [5, 5.41) is 12.8. The van der Waals surface area contributed by atoms with Crippen LogP contribution >= 0.6 is 0 Å². The van der Waals surface area contributed by atoms with Gasteiger partial charge in [0, 0.05) is 11.7 Å². The van der Waals surface area contributed by atoms with Crippen molar-refractivity contribution in [1.29, 1.82) is 0 Å². The van der Waals surface area contributed by atoms with Crippen molar-refractivity contribution in [2.45, 2.75) is 51.7 Å². The molecule has 0 amide bonds. The fourth-order valence-electron chi connectivity index (χ4n) is 2.22. The van der Waals surface area contributed by atoms with Gasteiger partial charge in [-0.15, -0.1) is 0 Å². The number of benzene rings is 1. The molecule has 0 bridgehead atoms. The number of anilines is 1. The summed E-state index contributed by atoms with van der Waals surface area (Å²) in [6, 6.07) is 7.25. The van der Waals surface area contributed by atoms with Gasteiger partial charge in [0.05, 0.1) is 6.10 Å². The average molecular weight is 219 g/mol. The van der Waals surface area contributed by atoms with E-state index < -0.39 is 0 Å². The van der Waals surface area contributed by atoms with E-state index in [2.05, 4.69) is 30.4 Å². The molecule has 0 aromatic heterocycles. The lowest BCUT2D eigenvalue weighted by molar-refractivity contribution is 0.185. The van der Waals surface area contributed by atoms with E-state index in [0.29, 0.717) is 6.04 Å². The monoisotopic (exact) mass is 219 g/mol. The second kappa shape index (κ2) is 4.88. The number of fused-ring (bicyclic) bond motifs is 1. The molecule has 2 atom stereocenters. The summed E-state index contributed by atoms with van der Waals surface area (Å²) in [6.07, 6.45) is 4.00. The van der Waals surface area contributed by atoms with Crippen LogP contribution in [0.25, 0.3) is 0 Å². The van der Waals surface area contributed by atoms with Crippen LogP contribution in [0.15, 0.2) is 18.2 Å². The van der Waals surface area contributed by atoms with Gasteiger partial charge >= 0.3 is 0 Å². The molecule has 2 heteroatoms. The third-order valence-electron chi connectivity index (χ3n) is 3.27. The minimum absolute atomic E-state index is 0.206. The van der Waals surface area contributed by atoms with Gasteiger partial charge in [0.15, 0.2) is 0 Å². The Kier molecular flexibility index (Phi) is 3.49. The van der Waals surface area contributed by atoms with Crippen LogP contribution in [0.3, 0.4) is 0 Å². The molecule has 0 unspecified atom stereocenters. The molecule has 2 N–H and O–H groups in total. The Morgan fingerprint density at radius 1 is 1.50 bits per heavy atom. The van der Waals surface area contributed by atoms with E-state index in [4.69, 9.17) is 0 Å². The lowest BCUT2D eigenvalue weighted by Gasteiger charge is -2.24. The third-order valence-corrected chi connectivity index (χ3v) is 3.27. The Labute approximate surface area is 97.7 Å². The van der Waals surface area contributed by atoms with Gasteiger partial charge in [-0.1, -0.05) is 12.1 Å². The van der Waals surface area contributed by atoms with Gasteiger partial charge in [0.2, 0.25) is 0 Å². The molecule has 0 saturated carbocycles. The number of aryl methyl sites for hydroxylation is 2. The summed E-state index contributed by atoms with van der Waals surface area (Å²) in [5.41, 5.74) is 4.04. The summed E-state index contributed by atoms with van der Waals surface area (Å²) < 4.78 is 0. The first kappa shape index (κ1) is 11.5. The summed E-state index contributed by atoms with van der Waals surface area (Å²) in [5.74, 6) is 0. The van der Waals surface area contributed by atoms with Crippen molar-refractivity contribution in [3.05, 3.63) is 29.3 Å². The van der Waals surface area contributed by atoms with E-state index in [1.165, 1.54) is 29.7 Å². The Hall–Kier alpha value is -1.02. The topological polar surface area (TPSA) is 32.3 Å². The zero-order chi connectivity index (χ0) is 11.5. The first-order chi connectivity index (χ1) is 7.65. The van der Waals surface area contributed by atoms with Gasteiger partial charge in [-0.05, 0) is 56.7 Å². The van der Waals surface area contributed by atoms with Gasteiger partial charge < -0.3 is 10.4 Å². The molecule has 0 fully saturated rings. The minimum Gasteiger partial charge on any atom is -0.393 e. The first-order valence-corrected chi connectivity index (χ1v) is 6.21. The van der Waals surface area contributed by atoms with Crippen LogP contribution in [0, 0.1) is 0 Å². The summed E-state index contributed by atoms with van der Waals surface area (Å²) in [6.45, 7) is 4.07. The van der Waals surface area contributed by atoms with E-state index >= 15 is 0 Å². The number of hydrogen-bond acceptors (Lipinski definition) is 2. The highest BCUT2D eigenvalue weighted by molar-refractivity contribution is 5.55. The molecule has 0 aliphatic carbocycles. The maximum absolute atomic E-state index is 9.28. The predicted octanol–water partition coefficient (Wildman–Crippen LogP) is 2.75. The van der Waals surface area contributed by atoms with Gasteiger partial charge in [-0.25, -0.2) is 0 Å². The SMILES string of the molecule is C[C@H](O)CCc1ccc2c(c1)N[C@@H](C)CC2. The van der Waals surface area contributed by atoms with Crippen LogP contribution in [0.1, 0.15) is 37.8 Å². The minimum atomic E-state index is -0.206. The van der Waals surface area contributed by atoms with E-state index in [9.17, 15) is 5.11 Å². The normalized spacial score (nSPS) is 21.1. The lowest BCUT2D eigenvalue weighted by Crippen LogP contribution is -2.22. The molecule has 1 aliphatic heterocycles. The average Bonchev–Trinajstić information content (AvgIpc) is 2.25. The maximum atomic E-state index is 9.28. The molecular weight excluding hydrogens is 198 g/mol. The summed E-state index contributed by atoms with van der Waals surface area (Å²) >= 11 is 0. The number of hydrogen-bond donors (Lipinski definition) is 2. The van der Waals surface area contributed by atoms with E-state index in [-0.39, 0.29) is 6.10 Å². The maximum Gasteiger partial charge on any atom is 0.0515 e. The lowest BCUT2D eigenvalue weighted by atomic mass is 9.96. The van der Waals surface area contributed by atoms with Crippen molar-refractivity contribution < 1.29 is 5.11 Å². The van der Waals surface area contributed by atoms with E-state index in [1.54, 1.807) is 0 Å². The van der Waals surface area contributed by atoms with Crippen LogP contribution in [0.5, 0.6) is 0 Å². The number of rotatable bonds is 3. The molecule has 1 heterocycles. The molecule has 88 valence electrons. The van der Waals surface area contributed by atoms with Crippen molar-refractivity contribution in [1.82, 2.24) is 0 Å². The molecule has 0 spiro atoms. The molecular formula is C14H21NO. The molecule has 1 aliphatic rings. The quantitative estimate of drug-likeness (QED) is 0.819. The molecule has 0 saturated heterocycles. The molecule has 2 nitrogen and oxygen atoms in total. The second-order valence-corrected chi connectivity index (χ2v) is 4.96. The highest BCUT2D eigenvalue weighted by atomic mass is 16.3.